The van der Waals surface area contributed by atoms with Crippen molar-refractivity contribution in [3.8, 4) is 0 Å². The van der Waals surface area contributed by atoms with Crippen molar-refractivity contribution in [2.45, 2.75) is 24.2 Å². The average Bonchev–Trinajstić information content (AvgIpc) is 2.29. The molecule has 1 aliphatic rings. The Hall–Kier alpha value is -0.630. The lowest BCUT2D eigenvalue weighted by molar-refractivity contribution is 0.200. The van der Waals surface area contributed by atoms with Gasteiger partial charge in [-0.2, -0.15) is 0 Å². The van der Waals surface area contributed by atoms with Crippen LogP contribution < -0.4 is 10.6 Å². The third-order valence-corrected chi connectivity index (χ3v) is 4.81. The van der Waals surface area contributed by atoms with Gasteiger partial charge < -0.3 is 5.73 Å². The summed E-state index contributed by atoms with van der Waals surface area (Å²) < 4.78 is 25.1. The summed E-state index contributed by atoms with van der Waals surface area (Å²) in [5.74, 6) is 0. The van der Waals surface area contributed by atoms with E-state index in [1.807, 2.05) is 0 Å². The molecular formula is C11H16BrN3O2S. The molecule has 0 atom stereocenters. The highest BCUT2D eigenvalue weighted by molar-refractivity contribution is 9.10. The van der Waals surface area contributed by atoms with Gasteiger partial charge in [0.15, 0.2) is 0 Å². The third-order valence-electron chi connectivity index (χ3n) is 2.87. The molecule has 0 aromatic heterocycles. The second-order valence-corrected chi connectivity index (χ2v) is 6.87. The van der Waals surface area contributed by atoms with E-state index >= 15 is 0 Å². The largest absolute Gasteiger partial charge is 0.398 e. The van der Waals surface area contributed by atoms with Gasteiger partial charge in [0, 0.05) is 17.6 Å². The van der Waals surface area contributed by atoms with Crippen LogP contribution in [0.1, 0.15) is 19.3 Å². The van der Waals surface area contributed by atoms with Crippen LogP contribution in [0.2, 0.25) is 0 Å². The van der Waals surface area contributed by atoms with Crippen LogP contribution in [0.15, 0.2) is 27.6 Å². The molecule has 0 bridgehead atoms. The van der Waals surface area contributed by atoms with Crippen molar-refractivity contribution >= 4 is 31.6 Å². The standard InChI is InChI=1S/C11H16BrN3O2S/c12-9-4-5-11(10(13)8-9)18(16,17)14-15-6-2-1-3-7-15/h4-5,8,14H,1-3,6-7,13H2. The smallest absolute Gasteiger partial charge is 0.255 e. The Morgan fingerprint density at radius 1 is 1.22 bits per heavy atom. The van der Waals surface area contributed by atoms with E-state index in [4.69, 9.17) is 5.73 Å². The Labute approximate surface area is 115 Å². The molecule has 0 spiro atoms. The Morgan fingerprint density at radius 2 is 1.89 bits per heavy atom. The van der Waals surface area contributed by atoms with Crippen molar-refractivity contribution in [3.05, 3.63) is 22.7 Å². The van der Waals surface area contributed by atoms with Crippen molar-refractivity contribution in [3.63, 3.8) is 0 Å². The lowest BCUT2D eigenvalue weighted by Gasteiger charge is -2.26. The molecule has 1 saturated heterocycles. The average molecular weight is 334 g/mol. The number of anilines is 1. The minimum Gasteiger partial charge on any atom is -0.398 e. The Bertz CT molecular complexity index is 527. The maximum atomic E-state index is 12.2. The fourth-order valence-corrected chi connectivity index (χ4v) is 3.58. The molecule has 1 heterocycles. The third kappa shape index (κ3) is 3.23. The van der Waals surface area contributed by atoms with Gasteiger partial charge in [0.05, 0.1) is 5.69 Å². The highest BCUT2D eigenvalue weighted by atomic mass is 79.9. The number of hydrogen-bond donors (Lipinski definition) is 2. The summed E-state index contributed by atoms with van der Waals surface area (Å²) in [6.07, 6.45) is 3.18. The zero-order valence-corrected chi connectivity index (χ0v) is 12.3. The SMILES string of the molecule is Nc1cc(Br)ccc1S(=O)(=O)NN1CCCCC1. The molecule has 1 aliphatic heterocycles. The van der Waals surface area contributed by atoms with Gasteiger partial charge in [-0.25, -0.2) is 13.4 Å². The number of halogens is 1. The summed E-state index contributed by atoms with van der Waals surface area (Å²) in [6, 6.07) is 4.76. The van der Waals surface area contributed by atoms with Crippen LogP contribution in [-0.2, 0) is 10.0 Å². The van der Waals surface area contributed by atoms with E-state index in [1.54, 1.807) is 17.1 Å². The first-order chi connectivity index (χ1) is 8.49. The quantitative estimate of drug-likeness (QED) is 0.825. The van der Waals surface area contributed by atoms with Gasteiger partial charge in [0.1, 0.15) is 4.90 Å². The van der Waals surface area contributed by atoms with Crippen molar-refractivity contribution in [2.75, 3.05) is 18.8 Å². The summed E-state index contributed by atoms with van der Waals surface area (Å²) in [7, 11) is -3.58. The molecule has 1 aromatic carbocycles. The zero-order chi connectivity index (χ0) is 13.2. The van der Waals surface area contributed by atoms with Crippen molar-refractivity contribution in [1.82, 2.24) is 9.84 Å². The van der Waals surface area contributed by atoms with E-state index in [0.29, 0.717) is 0 Å². The van der Waals surface area contributed by atoms with Crippen LogP contribution in [-0.4, -0.2) is 26.5 Å². The van der Waals surface area contributed by atoms with Gasteiger partial charge in [0.2, 0.25) is 0 Å². The van der Waals surface area contributed by atoms with E-state index < -0.39 is 10.0 Å². The molecular weight excluding hydrogens is 318 g/mol. The lowest BCUT2D eigenvalue weighted by Crippen LogP contribution is -2.45. The van der Waals surface area contributed by atoms with Gasteiger partial charge in [-0.05, 0) is 31.0 Å². The minimum absolute atomic E-state index is 0.122. The van der Waals surface area contributed by atoms with E-state index in [0.717, 1.165) is 36.8 Å². The molecule has 0 unspecified atom stereocenters. The maximum absolute atomic E-state index is 12.2. The molecule has 0 saturated carbocycles. The van der Waals surface area contributed by atoms with Crippen LogP contribution in [0.3, 0.4) is 0 Å². The summed E-state index contributed by atoms with van der Waals surface area (Å²) in [5, 5.41) is 1.74. The van der Waals surface area contributed by atoms with Crippen LogP contribution in [0.25, 0.3) is 0 Å². The van der Waals surface area contributed by atoms with Gasteiger partial charge in [-0.1, -0.05) is 22.4 Å². The molecule has 0 amide bonds. The highest BCUT2D eigenvalue weighted by Gasteiger charge is 2.21. The monoisotopic (exact) mass is 333 g/mol. The van der Waals surface area contributed by atoms with Crippen molar-refractivity contribution in [2.24, 2.45) is 0 Å². The van der Waals surface area contributed by atoms with Crippen LogP contribution in [0.5, 0.6) is 0 Å². The minimum atomic E-state index is -3.58. The molecule has 2 rings (SSSR count). The predicted octanol–water partition coefficient (Wildman–Crippen LogP) is 1.71. The number of nitrogens with one attached hydrogen (secondary N) is 1. The number of nitrogens with two attached hydrogens (primary N) is 1. The van der Waals surface area contributed by atoms with Gasteiger partial charge >= 0.3 is 0 Å². The summed E-state index contributed by atoms with van der Waals surface area (Å²) >= 11 is 3.26. The van der Waals surface area contributed by atoms with Crippen molar-refractivity contribution in [1.29, 1.82) is 0 Å². The zero-order valence-electron chi connectivity index (χ0n) is 9.89. The molecule has 18 heavy (non-hydrogen) atoms. The normalized spacial score (nSPS) is 17.8. The van der Waals surface area contributed by atoms with Gasteiger partial charge in [-0.3, -0.25) is 0 Å². The number of nitrogens with zero attached hydrogens (tertiary/aromatic N) is 1. The maximum Gasteiger partial charge on any atom is 0.255 e. The molecule has 100 valence electrons. The van der Waals surface area contributed by atoms with E-state index in [9.17, 15) is 8.42 Å². The highest BCUT2D eigenvalue weighted by Crippen LogP contribution is 2.23. The van der Waals surface area contributed by atoms with Crippen LogP contribution >= 0.6 is 15.9 Å². The molecule has 5 nitrogen and oxygen atoms in total. The Balaban J connectivity index is 2.19. The number of nitrogen functional groups attached to an aromatic ring is 1. The van der Waals surface area contributed by atoms with Crippen LogP contribution in [0.4, 0.5) is 5.69 Å². The first-order valence-corrected chi connectivity index (χ1v) is 8.09. The van der Waals surface area contributed by atoms with E-state index in [1.165, 1.54) is 6.07 Å². The predicted molar refractivity (Wildman–Crippen MR) is 74.3 cm³/mol. The molecule has 1 fully saturated rings. The number of rotatable bonds is 3. The fourth-order valence-electron chi connectivity index (χ4n) is 1.97. The fraction of sp³-hybridized carbons (Fsp3) is 0.455. The van der Waals surface area contributed by atoms with Crippen molar-refractivity contribution < 1.29 is 8.42 Å². The van der Waals surface area contributed by atoms with E-state index in [2.05, 4.69) is 20.8 Å². The second-order valence-electron chi connectivity index (χ2n) is 4.32. The molecule has 0 radical (unpaired) electrons. The summed E-state index contributed by atoms with van der Waals surface area (Å²) in [5.41, 5.74) is 5.99. The first-order valence-electron chi connectivity index (χ1n) is 5.81. The summed E-state index contributed by atoms with van der Waals surface area (Å²) in [4.78, 5) is 2.70. The number of sulfonamides is 1. The molecule has 1 aromatic rings. The van der Waals surface area contributed by atoms with Crippen LogP contribution in [0, 0.1) is 0 Å². The molecule has 7 heteroatoms. The summed E-state index contributed by atoms with van der Waals surface area (Å²) in [6.45, 7) is 1.49. The Morgan fingerprint density at radius 3 is 2.50 bits per heavy atom. The Kier molecular flexibility index (Phi) is 4.26. The topological polar surface area (TPSA) is 75.4 Å². The van der Waals surface area contributed by atoms with E-state index in [-0.39, 0.29) is 10.6 Å². The van der Waals surface area contributed by atoms with Gasteiger partial charge in [-0.15, -0.1) is 4.83 Å². The number of hydrazine groups is 1. The second kappa shape index (κ2) is 5.56. The number of piperidine rings is 1. The van der Waals surface area contributed by atoms with Gasteiger partial charge in [0.25, 0.3) is 10.0 Å². The number of hydrogen-bond acceptors (Lipinski definition) is 4. The molecule has 0 aliphatic carbocycles. The lowest BCUT2D eigenvalue weighted by atomic mass is 10.2. The number of benzene rings is 1. The molecule has 3 N–H and O–H groups in total. The first kappa shape index (κ1) is 13.8.